The van der Waals surface area contributed by atoms with Crippen LogP contribution in [0.25, 0.3) is 10.9 Å². The molecule has 3 N–H and O–H groups in total. The van der Waals surface area contributed by atoms with E-state index in [-0.39, 0.29) is 23.1 Å². The number of fused-ring (bicyclic) bond motifs is 1. The number of aryl methyl sites for hydroxylation is 1. The van der Waals surface area contributed by atoms with Crippen LogP contribution in [-0.4, -0.2) is 52.3 Å². The number of nitrogens with zero attached hydrogens (tertiary/aromatic N) is 1. The summed E-state index contributed by atoms with van der Waals surface area (Å²) in [7, 11) is 1.59. The molecule has 0 unspecified atom stereocenters. The zero-order valence-electron chi connectivity index (χ0n) is 19.5. The van der Waals surface area contributed by atoms with Crippen molar-refractivity contribution in [1.82, 2.24) is 14.9 Å². The lowest BCUT2D eigenvalue weighted by Crippen LogP contribution is -2.40. The van der Waals surface area contributed by atoms with Crippen LogP contribution < -0.4 is 15.7 Å². The SMILES string of the molecule is CCO[C@H]1CCN(Cc2c(OC)cc(C)c3[nH]ccc(=O)c23)[C@H](c2ccc(C(=O)O)c(=O)[nH]2)C1. The Morgan fingerprint density at radius 3 is 2.74 bits per heavy atom. The highest BCUT2D eigenvalue weighted by molar-refractivity contribution is 5.87. The number of hydrogen-bond acceptors (Lipinski definition) is 6. The molecule has 3 heterocycles. The molecular weight excluding hydrogens is 438 g/mol. The fourth-order valence-corrected chi connectivity index (χ4v) is 4.84. The second-order valence-electron chi connectivity index (χ2n) is 8.52. The number of aromatic carboxylic acids is 1. The highest BCUT2D eigenvalue weighted by atomic mass is 16.5. The Bertz CT molecular complexity index is 1330. The van der Waals surface area contributed by atoms with E-state index in [0.717, 1.165) is 23.1 Å². The Kier molecular flexibility index (Phi) is 6.85. The molecule has 1 aliphatic rings. The highest BCUT2D eigenvalue weighted by Crippen LogP contribution is 2.36. The fraction of sp³-hybridized carbons (Fsp3) is 0.400. The minimum atomic E-state index is -1.27. The summed E-state index contributed by atoms with van der Waals surface area (Å²) in [5.41, 5.74) is 2.03. The monoisotopic (exact) mass is 467 g/mol. The van der Waals surface area contributed by atoms with Crippen molar-refractivity contribution >= 4 is 16.9 Å². The van der Waals surface area contributed by atoms with E-state index in [1.807, 2.05) is 19.9 Å². The number of rotatable bonds is 7. The Balaban J connectivity index is 1.79. The number of carboxylic acid groups (broad SMARTS) is 1. The number of methoxy groups -OCH3 is 1. The molecule has 4 rings (SSSR count). The number of H-pyrrole nitrogens is 2. The minimum absolute atomic E-state index is 0.00830. The first kappa shape index (κ1) is 23.7. The van der Waals surface area contributed by atoms with Gasteiger partial charge in [-0.05, 0) is 50.5 Å². The summed E-state index contributed by atoms with van der Waals surface area (Å²) >= 11 is 0. The van der Waals surface area contributed by atoms with Gasteiger partial charge < -0.3 is 24.5 Å². The molecule has 0 saturated carbocycles. The van der Waals surface area contributed by atoms with Gasteiger partial charge in [-0.15, -0.1) is 0 Å². The lowest BCUT2D eigenvalue weighted by molar-refractivity contribution is -0.0148. The van der Waals surface area contributed by atoms with Gasteiger partial charge in [0.25, 0.3) is 5.56 Å². The maximum Gasteiger partial charge on any atom is 0.341 e. The lowest BCUT2D eigenvalue weighted by Gasteiger charge is -2.39. The fourth-order valence-electron chi connectivity index (χ4n) is 4.84. The van der Waals surface area contributed by atoms with Crippen molar-refractivity contribution in [3.8, 4) is 5.75 Å². The molecule has 1 aliphatic heterocycles. The molecular formula is C25H29N3O6. The summed E-state index contributed by atoms with van der Waals surface area (Å²) in [5.74, 6) is -0.641. The summed E-state index contributed by atoms with van der Waals surface area (Å²) in [6, 6.07) is 6.18. The first-order valence-corrected chi connectivity index (χ1v) is 11.3. The van der Waals surface area contributed by atoms with E-state index in [1.165, 1.54) is 12.1 Å². The zero-order chi connectivity index (χ0) is 24.4. The van der Waals surface area contributed by atoms with Crippen LogP contribution in [0.3, 0.4) is 0 Å². The van der Waals surface area contributed by atoms with Crippen molar-refractivity contribution in [3.05, 3.63) is 73.4 Å². The second-order valence-corrected chi connectivity index (χ2v) is 8.52. The summed E-state index contributed by atoms with van der Waals surface area (Å²) in [6.07, 6.45) is 3.07. The third-order valence-corrected chi connectivity index (χ3v) is 6.47. The standard InChI is InChI=1S/C25H29N3O6/c1-4-34-15-8-10-28(19(12-15)18-6-5-16(25(31)32)24(30)27-18)13-17-21(33-3)11-14(2)23-22(17)20(29)7-9-26-23/h5-7,9,11,15,19H,4,8,10,12-13H2,1-3H3,(H,26,29)(H,27,30)(H,31,32)/t15-,19-/m0/s1. The van der Waals surface area contributed by atoms with Crippen molar-refractivity contribution in [2.45, 2.75) is 45.4 Å². The van der Waals surface area contributed by atoms with Crippen LogP contribution in [0.2, 0.25) is 0 Å². The van der Waals surface area contributed by atoms with Crippen LogP contribution >= 0.6 is 0 Å². The van der Waals surface area contributed by atoms with Crippen LogP contribution in [0.1, 0.15) is 53.0 Å². The molecule has 180 valence electrons. The van der Waals surface area contributed by atoms with Crippen LogP contribution in [-0.2, 0) is 11.3 Å². The Labute approximate surface area is 196 Å². The predicted molar refractivity (Wildman–Crippen MR) is 128 cm³/mol. The molecule has 0 spiro atoms. The molecule has 1 fully saturated rings. The average molecular weight is 468 g/mol. The Morgan fingerprint density at radius 1 is 1.26 bits per heavy atom. The number of carboxylic acids is 1. The van der Waals surface area contributed by atoms with Gasteiger partial charge >= 0.3 is 5.97 Å². The van der Waals surface area contributed by atoms with Gasteiger partial charge in [0.1, 0.15) is 11.3 Å². The van der Waals surface area contributed by atoms with Crippen LogP contribution in [0, 0.1) is 6.92 Å². The van der Waals surface area contributed by atoms with Gasteiger partial charge in [0.2, 0.25) is 0 Å². The smallest absolute Gasteiger partial charge is 0.341 e. The topological polar surface area (TPSA) is 125 Å². The van der Waals surface area contributed by atoms with Crippen molar-refractivity contribution in [1.29, 1.82) is 0 Å². The summed E-state index contributed by atoms with van der Waals surface area (Å²) in [5, 5.41) is 9.82. The Morgan fingerprint density at radius 2 is 2.06 bits per heavy atom. The van der Waals surface area contributed by atoms with E-state index in [9.17, 15) is 19.5 Å². The van der Waals surface area contributed by atoms with Crippen LogP contribution in [0.15, 0.2) is 40.1 Å². The van der Waals surface area contributed by atoms with Crippen LogP contribution in [0.5, 0.6) is 5.75 Å². The molecule has 0 aliphatic carbocycles. The summed E-state index contributed by atoms with van der Waals surface area (Å²) < 4.78 is 11.5. The van der Waals surface area contributed by atoms with E-state index in [0.29, 0.717) is 42.9 Å². The molecule has 2 atom stereocenters. The number of aromatic amines is 2. The molecule has 9 nitrogen and oxygen atoms in total. The molecule has 1 aromatic carbocycles. The quantitative estimate of drug-likeness (QED) is 0.488. The molecule has 1 saturated heterocycles. The van der Waals surface area contributed by atoms with Gasteiger partial charge in [-0.2, -0.15) is 0 Å². The van der Waals surface area contributed by atoms with Gasteiger partial charge in [0.15, 0.2) is 5.43 Å². The first-order chi connectivity index (χ1) is 16.3. The molecule has 3 aromatic rings. The van der Waals surface area contributed by atoms with E-state index in [4.69, 9.17) is 9.47 Å². The average Bonchev–Trinajstić information content (AvgIpc) is 2.81. The minimum Gasteiger partial charge on any atom is -0.496 e. The van der Waals surface area contributed by atoms with E-state index in [2.05, 4.69) is 14.9 Å². The number of hydrogen-bond donors (Lipinski definition) is 3. The van der Waals surface area contributed by atoms with Crippen molar-refractivity contribution < 1.29 is 19.4 Å². The third-order valence-electron chi connectivity index (χ3n) is 6.47. The van der Waals surface area contributed by atoms with E-state index >= 15 is 0 Å². The normalized spacial score (nSPS) is 18.8. The van der Waals surface area contributed by atoms with Crippen molar-refractivity contribution in [3.63, 3.8) is 0 Å². The lowest BCUT2D eigenvalue weighted by atomic mass is 9.94. The number of carbonyl (C=O) groups is 1. The number of benzene rings is 1. The maximum atomic E-state index is 12.9. The van der Waals surface area contributed by atoms with Gasteiger partial charge in [-0.3, -0.25) is 14.5 Å². The first-order valence-electron chi connectivity index (χ1n) is 11.3. The molecule has 0 bridgehead atoms. The predicted octanol–water partition coefficient (Wildman–Crippen LogP) is 2.97. The molecule has 0 amide bonds. The maximum absolute atomic E-state index is 12.9. The van der Waals surface area contributed by atoms with Gasteiger partial charge in [-0.1, -0.05) is 0 Å². The summed E-state index contributed by atoms with van der Waals surface area (Å²) in [4.78, 5) is 44.7. The van der Waals surface area contributed by atoms with Gasteiger partial charge in [0.05, 0.1) is 30.2 Å². The molecule has 9 heteroatoms. The largest absolute Gasteiger partial charge is 0.496 e. The number of pyridine rings is 2. The van der Waals surface area contributed by atoms with Gasteiger partial charge in [0, 0.05) is 43.2 Å². The number of likely N-dealkylation sites (tertiary alicyclic amines) is 1. The van der Waals surface area contributed by atoms with Crippen LogP contribution in [0.4, 0.5) is 0 Å². The number of piperidine rings is 1. The second kappa shape index (κ2) is 9.82. The zero-order valence-corrected chi connectivity index (χ0v) is 19.5. The summed E-state index contributed by atoms with van der Waals surface area (Å²) in [6.45, 7) is 5.54. The number of ether oxygens (including phenoxy) is 2. The van der Waals surface area contributed by atoms with Crippen molar-refractivity contribution in [2.24, 2.45) is 0 Å². The number of nitrogens with one attached hydrogen (secondary N) is 2. The third kappa shape index (κ3) is 4.49. The molecule has 0 radical (unpaired) electrons. The number of aromatic nitrogens is 2. The van der Waals surface area contributed by atoms with Gasteiger partial charge in [-0.25, -0.2) is 4.79 Å². The van der Waals surface area contributed by atoms with E-state index in [1.54, 1.807) is 19.4 Å². The van der Waals surface area contributed by atoms with Crippen molar-refractivity contribution in [2.75, 3.05) is 20.3 Å². The molecule has 2 aromatic heterocycles. The molecule has 34 heavy (non-hydrogen) atoms. The van der Waals surface area contributed by atoms with E-state index < -0.39 is 11.5 Å². The highest BCUT2D eigenvalue weighted by Gasteiger charge is 2.32. The Hall–Kier alpha value is -3.43.